The molecule has 1 saturated heterocycles. The number of rotatable bonds is 15. The highest BCUT2D eigenvalue weighted by molar-refractivity contribution is 5.94. The van der Waals surface area contributed by atoms with E-state index < -0.39 is 0 Å². The van der Waals surface area contributed by atoms with Crippen molar-refractivity contribution in [2.45, 2.75) is 79.3 Å². The summed E-state index contributed by atoms with van der Waals surface area (Å²) in [7, 11) is 1.66. The lowest BCUT2D eigenvalue weighted by molar-refractivity contribution is 0.0963. The van der Waals surface area contributed by atoms with Crippen molar-refractivity contribution in [2.75, 3.05) is 45.1 Å². The van der Waals surface area contributed by atoms with E-state index in [1.807, 2.05) is 24.3 Å². The highest BCUT2D eigenvalue weighted by Crippen LogP contribution is 2.26. The quantitative estimate of drug-likeness (QED) is 0.211. The largest absolute Gasteiger partial charge is 0.355 e. The molecule has 1 aliphatic heterocycles. The van der Waals surface area contributed by atoms with Crippen LogP contribution in [0.5, 0.6) is 0 Å². The highest BCUT2D eigenvalue weighted by atomic mass is 16.1. The van der Waals surface area contributed by atoms with Crippen LogP contribution in [0.2, 0.25) is 0 Å². The van der Waals surface area contributed by atoms with E-state index in [2.05, 4.69) is 70.9 Å². The fourth-order valence-electron chi connectivity index (χ4n) is 5.61. The fourth-order valence-corrected chi connectivity index (χ4v) is 5.61. The number of hydrogen-bond donors (Lipinski definition) is 2. The van der Waals surface area contributed by atoms with E-state index in [0.717, 1.165) is 56.3 Å². The van der Waals surface area contributed by atoms with Crippen LogP contribution in [-0.2, 0) is 13.1 Å². The molecule has 1 aromatic heterocycles. The van der Waals surface area contributed by atoms with Crippen LogP contribution in [0.4, 0.5) is 11.6 Å². The molecule has 1 amide bonds. The summed E-state index contributed by atoms with van der Waals surface area (Å²) in [6.07, 6.45) is 7.54. The molecule has 7 heteroatoms. The lowest BCUT2D eigenvalue weighted by Gasteiger charge is -2.26. The summed E-state index contributed by atoms with van der Waals surface area (Å²) >= 11 is 0. The number of carbonyl (C=O) groups is 1. The normalized spacial score (nSPS) is 14.4. The molecule has 0 bridgehead atoms. The van der Waals surface area contributed by atoms with Gasteiger partial charge in [0, 0.05) is 31.4 Å². The summed E-state index contributed by atoms with van der Waals surface area (Å²) in [6.45, 7) is 17.0. The third-order valence-electron chi connectivity index (χ3n) is 8.20. The molecule has 0 unspecified atom stereocenters. The molecule has 2 N–H and O–H groups in total. The average Bonchev–Trinajstić information content (AvgIpc) is 3.30. The Labute approximate surface area is 247 Å². The number of imidazole rings is 1. The standard InChI is InChI=1S/C34H52N6O/c1-26(2)16-22-39(23-17-27(3)4)25-28-10-15-31-32(24-28)40(21-9-20-38-18-7-6-8-19-38)34(37-31)36-30-13-11-29(12-14-30)33(41)35-5/h10-15,24,26-27H,6-9,16-23,25H2,1-5H3,(H,35,41)(H,36,37). The van der Waals surface area contributed by atoms with Crippen LogP contribution >= 0.6 is 0 Å². The summed E-state index contributed by atoms with van der Waals surface area (Å²) in [5.41, 5.74) is 5.14. The van der Waals surface area contributed by atoms with E-state index >= 15 is 0 Å². The third kappa shape index (κ3) is 9.30. The van der Waals surface area contributed by atoms with E-state index in [1.54, 1.807) is 7.05 Å². The second-order valence-electron chi connectivity index (χ2n) is 12.6. The average molecular weight is 561 g/mol. The number of nitrogens with one attached hydrogen (secondary N) is 2. The molecular weight excluding hydrogens is 508 g/mol. The van der Waals surface area contributed by atoms with Gasteiger partial charge in [-0.1, -0.05) is 40.2 Å². The second-order valence-corrected chi connectivity index (χ2v) is 12.6. The Kier molecular flexibility index (Phi) is 11.6. The van der Waals surface area contributed by atoms with E-state index in [-0.39, 0.29) is 5.91 Å². The number of likely N-dealkylation sites (tertiary alicyclic amines) is 1. The number of anilines is 2. The first-order chi connectivity index (χ1) is 19.8. The van der Waals surface area contributed by atoms with Gasteiger partial charge in [0.2, 0.25) is 5.95 Å². The number of hydrogen-bond acceptors (Lipinski definition) is 5. The molecule has 0 aliphatic carbocycles. The van der Waals surface area contributed by atoms with Crippen LogP contribution < -0.4 is 10.6 Å². The van der Waals surface area contributed by atoms with Crippen molar-refractivity contribution in [1.29, 1.82) is 0 Å². The van der Waals surface area contributed by atoms with Crippen molar-refractivity contribution < 1.29 is 4.79 Å². The Bertz CT molecular complexity index is 1210. The number of aromatic nitrogens is 2. The maximum Gasteiger partial charge on any atom is 0.251 e. The minimum Gasteiger partial charge on any atom is -0.355 e. The van der Waals surface area contributed by atoms with E-state index in [1.165, 1.54) is 56.3 Å². The topological polar surface area (TPSA) is 65.4 Å². The van der Waals surface area contributed by atoms with Gasteiger partial charge < -0.3 is 20.1 Å². The van der Waals surface area contributed by atoms with Gasteiger partial charge in [-0.25, -0.2) is 4.98 Å². The predicted octanol–water partition coefficient (Wildman–Crippen LogP) is 6.91. The zero-order valence-electron chi connectivity index (χ0n) is 26.1. The molecule has 2 aromatic carbocycles. The Morgan fingerprint density at radius 2 is 1.61 bits per heavy atom. The van der Waals surface area contributed by atoms with E-state index in [4.69, 9.17) is 4.98 Å². The fraction of sp³-hybridized carbons (Fsp3) is 0.588. The summed E-state index contributed by atoms with van der Waals surface area (Å²) in [4.78, 5) is 22.3. The van der Waals surface area contributed by atoms with Crippen molar-refractivity contribution in [3.05, 3.63) is 53.6 Å². The Hall–Kier alpha value is -2.90. The number of amides is 1. The SMILES string of the molecule is CNC(=O)c1ccc(Nc2nc3ccc(CN(CCC(C)C)CCC(C)C)cc3n2CCCN2CCCCC2)cc1. The molecule has 224 valence electrons. The summed E-state index contributed by atoms with van der Waals surface area (Å²) < 4.78 is 2.36. The van der Waals surface area contributed by atoms with Crippen LogP contribution in [0.3, 0.4) is 0 Å². The van der Waals surface area contributed by atoms with Gasteiger partial charge >= 0.3 is 0 Å². The Morgan fingerprint density at radius 3 is 2.24 bits per heavy atom. The Balaban J connectivity index is 1.57. The van der Waals surface area contributed by atoms with Gasteiger partial charge in [-0.3, -0.25) is 9.69 Å². The predicted molar refractivity (Wildman–Crippen MR) is 172 cm³/mol. The van der Waals surface area contributed by atoms with Crippen LogP contribution in [-0.4, -0.2) is 65.0 Å². The maximum absolute atomic E-state index is 12.0. The number of carbonyl (C=O) groups excluding carboxylic acids is 1. The second kappa shape index (κ2) is 15.4. The lowest BCUT2D eigenvalue weighted by Crippen LogP contribution is -2.31. The molecule has 0 atom stereocenters. The zero-order chi connectivity index (χ0) is 29.2. The number of nitrogens with zero attached hydrogens (tertiary/aromatic N) is 4. The summed E-state index contributed by atoms with van der Waals surface area (Å²) in [6, 6.07) is 14.4. The number of piperidine rings is 1. The molecule has 41 heavy (non-hydrogen) atoms. The third-order valence-corrected chi connectivity index (χ3v) is 8.20. The zero-order valence-corrected chi connectivity index (χ0v) is 26.1. The monoisotopic (exact) mass is 560 g/mol. The molecule has 2 heterocycles. The van der Waals surface area contributed by atoms with Gasteiger partial charge in [0.05, 0.1) is 11.0 Å². The van der Waals surface area contributed by atoms with Gasteiger partial charge in [0.25, 0.3) is 5.91 Å². The molecule has 0 spiro atoms. The van der Waals surface area contributed by atoms with Gasteiger partial charge in [0.15, 0.2) is 0 Å². The molecule has 1 aliphatic rings. The molecule has 7 nitrogen and oxygen atoms in total. The number of benzene rings is 2. The van der Waals surface area contributed by atoms with Crippen molar-refractivity contribution in [2.24, 2.45) is 11.8 Å². The molecule has 3 aromatic rings. The van der Waals surface area contributed by atoms with Crippen molar-refractivity contribution >= 4 is 28.6 Å². The summed E-state index contributed by atoms with van der Waals surface area (Å²) in [5, 5.41) is 6.25. The molecule has 0 saturated carbocycles. The van der Waals surface area contributed by atoms with Crippen LogP contribution in [0.1, 0.15) is 82.1 Å². The molecular formula is C34H52N6O. The number of aryl methyl sites for hydroxylation is 1. The van der Waals surface area contributed by atoms with Gasteiger partial charge in [-0.15, -0.1) is 0 Å². The smallest absolute Gasteiger partial charge is 0.251 e. The van der Waals surface area contributed by atoms with E-state index in [0.29, 0.717) is 17.4 Å². The number of fused-ring (bicyclic) bond motifs is 1. The Morgan fingerprint density at radius 1 is 0.927 bits per heavy atom. The van der Waals surface area contributed by atoms with E-state index in [9.17, 15) is 4.79 Å². The van der Waals surface area contributed by atoms with Crippen LogP contribution in [0.15, 0.2) is 42.5 Å². The maximum atomic E-state index is 12.0. The lowest BCUT2D eigenvalue weighted by atomic mass is 10.1. The van der Waals surface area contributed by atoms with Gasteiger partial charge in [0.1, 0.15) is 0 Å². The van der Waals surface area contributed by atoms with Gasteiger partial charge in [-0.2, -0.15) is 0 Å². The van der Waals surface area contributed by atoms with Crippen LogP contribution in [0.25, 0.3) is 11.0 Å². The van der Waals surface area contributed by atoms with Crippen molar-refractivity contribution in [3.63, 3.8) is 0 Å². The minimum absolute atomic E-state index is 0.0788. The highest BCUT2D eigenvalue weighted by Gasteiger charge is 2.16. The van der Waals surface area contributed by atoms with Crippen molar-refractivity contribution in [3.8, 4) is 0 Å². The minimum atomic E-state index is -0.0788. The first kappa shape index (κ1) is 31.0. The van der Waals surface area contributed by atoms with Crippen molar-refractivity contribution in [1.82, 2.24) is 24.7 Å². The first-order valence-corrected chi connectivity index (χ1v) is 15.9. The van der Waals surface area contributed by atoms with Crippen LogP contribution in [0, 0.1) is 11.8 Å². The summed E-state index contributed by atoms with van der Waals surface area (Å²) in [5.74, 6) is 2.20. The molecule has 4 rings (SSSR count). The molecule has 0 radical (unpaired) electrons. The molecule has 1 fully saturated rings. The van der Waals surface area contributed by atoms with Gasteiger partial charge in [-0.05, 0) is 119 Å². The first-order valence-electron chi connectivity index (χ1n) is 15.9.